The summed E-state index contributed by atoms with van der Waals surface area (Å²) in [5.41, 5.74) is 2.25. The van der Waals surface area contributed by atoms with Crippen LogP contribution in [0.4, 0.5) is 11.4 Å². The van der Waals surface area contributed by atoms with Crippen molar-refractivity contribution in [3.63, 3.8) is 0 Å². The Hall–Kier alpha value is -3.47. The van der Waals surface area contributed by atoms with Gasteiger partial charge < -0.3 is 19.7 Å². The van der Waals surface area contributed by atoms with Crippen molar-refractivity contribution >= 4 is 51.4 Å². The third-order valence-electron chi connectivity index (χ3n) is 5.68. The SMILES string of the molecule is C=CC(=O)N1CCC(Oc2cc3c(Nc4ccc(Cl)c(Cl)c4)c(C#N)cnc3cc2OC)CC1. The summed E-state index contributed by atoms with van der Waals surface area (Å²) in [6.07, 6.45) is 4.13. The highest BCUT2D eigenvalue weighted by Crippen LogP contribution is 2.38. The standard InChI is InChI=1S/C25H22Cl2N4O3/c1-3-24(32)31-8-6-17(7-9-31)34-23-11-18-21(12-22(23)33-2)29-14-15(13-28)25(18)30-16-4-5-19(26)20(27)10-16/h3-5,10-12,14,17H,1,6-9H2,2H3,(H,29,30). The lowest BCUT2D eigenvalue weighted by molar-refractivity contribution is -0.127. The van der Waals surface area contributed by atoms with E-state index in [4.69, 9.17) is 32.7 Å². The molecule has 0 atom stereocenters. The van der Waals surface area contributed by atoms with Crippen molar-refractivity contribution in [3.8, 4) is 17.6 Å². The van der Waals surface area contributed by atoms with Gasteiger partial charge in [-0.1, -0.05) is 29.8 Å². The van der Waals surface area contributed by atoms with E-state index in [1.165, 1.54) is 12.3 Å². The van der Waals surface area contributed by atoms with Crippen molar-refractivity contribution in [2.45, 2.75) is 18.9 Å². The monoisotopic (exact) mass is 496 g/mol. The molecule has 9 heteroatoms. The molecule has 1 aliphatic rings. The summed E-state index contributed by atoms with van der Waals surface area (Å²) in [5.74, 6) is 1.00. The Morgan fingerprint density at radius 2 is 2.00 bits per heavy atom. The van der Waals surface area contributed by atoms with Crippen LogP contribution < -0.4 is 14.8 Å². The van der Waals surface area contributed by atoms with Crippen molar-refractivity contribution in [2.75, 3.05) is 25.5 Å². The molecular formula is C25H22Cl2N4O3. The quantitative estimate of drug-likeness (QED) is 0.439. The normalized spacial score (nSPS) is 13.9. The number of aromatic nitrogens is 1. The van der Waals surface area contributed by atoms with E-state index in [9.17, 15) is 10.1 Å². The highest BCUT2D eigenvalue weighted by Gasteiger charge is 2.24. The number of anilines is 2. The highest BCUT2D eigenvalue weighted by atomic mass is 35.5. The Balaban J connectivity index is 1.68. The van der Waals surface area contributed by atoms with Gasteiger partial charge in [0, 0.05) is 49.3 Å². The lowest BCUT2D eigenvalue weighted by Crippen LogP contribution is -2.41. The van der Waals surface area contributed by atoms with Gasteiger partial charge in [-0.3, -0.25) is 9.78 Å². The number of halogens is 2. The second-order valence-corrected chi connectivity index (χ2v) is 8.59. The van der Waals surface area contributed by atoms with Crippen LogP contribution in [0.5, 0.6) is 11.5 Å². The fourth-order valence-electron chi connectivity index (χ4n) is 3.89. The number of hydrogen-bond acceptors (Lipinski definition) is 6. The molecule has 0 unspecified atom stereocenters. The molecular weight excluding hydrogens is 475 g/mol. The average molecular weight is 497 g/mol. The zero-order valence-electron chi connectivity index (χ0n) is 18.5. The zero-order chi connectivity index (χ0) is 24.2. The summed E-state index contributed by atoms with van der Waals surface area (Å²) in [6.45, 7) is 4.73. The molecule has 1 amide bonds. The largest absolute Gasteiger partial charge is 0.493 e. The number of hydrogen-bond donors (Lipinski definition) is 1. The average Bonchev–Trinajstić information content (AvgIpc) is 2.86. The van der Waals surface area contributed by atoms with Crippen LogP contribution in [0.25, 0.3) is 10.9 Å². The zero-order valence-corrected chi connectivity index (χ0v) is 20.0. The molecule has 2 aromatic carbocycles. The molecule has 1 saturated heterocycles. The summed E-state index contributed by atoms with van der Waals surface area (Å²) in [7, 11) is 1.57. The van der Waals surface area contributed by atoms with Gasteiger partial charge in [-0.2, -0.15) is 5.26 Å². The first kappa shape index (κ1) is 23.7. The number of methoxy groups -OCH3 is 1. The summed E-state index contributed by atoms with van der Waals surface area (Å²) >= 11 is 12.2. The van der Waals surface area contributed by atoms with E-state index in [1.807, 2.05) is 6.07 Å². The van der Waals surface area contributed by atoms with Gasteiger partial charge in [0.2, 0.25) is 5.91 Å². The molecule has 34 heavy (non-hydrogen) atoms. The number of rotatable bonds is 6. The van der Waals surface area contributed by atoms with Crippen LogP contribution >= 0.6 is 23.2 Å². The predicted octanol–water partition coefficient (Wildman–Crippen LogP) is 5.72. The fourth-order valence-corrected chi connectivity index (χ4v) is 4.19. The first-order valence-electron chi connectivity index (χ1n) is 10.6. The van der Waals surface area contributed by atoms with Crippen LogP contribution in [0.3, 0.4) is 0 Å². The number of fused-ring (bicyclic) bond motifs is 1. The van der Waals surface area contributed by atoms with Crippen molar-refractivity contribution in [1.29, 1.82) is 5.26 Å². The number of pyridine rings is 1. The highest BCUT2D eigenvalue weighted by molar-refractivity contribution is 6.42. The molecule has 0 radical (unpaired) electrons. The van der Waals surface area contributed by atoms with Crippen molar-refractivity contribution in [2.24, 2.45) is 0 Å². The van der Waals surface area contributed by atoms with E-state index < -0.39 is 0 Å². The molecule has 0 saturated carbocycles. The molecule has 174 valence electrons. The third kappa shape index (κ3) is 4.89. The smallest absolute Gasteiger partial charge is 0.245 e. The number of piperidine rings is 1. The van der Waals surface area contributed by atoms with E-state index in [0.29, 0.717) is 75.3 Å². The molecule has 1 fully saturated rings. The molecule has 0 spiro atoms. The molecule has 1 N–H and O–H groups in total. The number of carbonyl (C=O) groups is 1. The van der Waals surface area contributed by atoms with E-state index in [2.05, 4.69) is 22.9 Å². The number of amides is 1. The molecule has 0 aliphatic carbocycles. The minimum Gasteiger partial charge on any atom is -0.493 e. The number of nitrogens with zero attached hydrogens (tertiary/aromatic N) is 3. The lowest BCUT2D eigenvalue weighted by Gasteiger charge is -2.31. The van der Waals surface area contributed by atoms with Gasteiger partial charge in [-0.05, 0) is 30.3 Å². The fraction of sp³-hybridized carbons (Fsp3) is 0.240. The van der Waals surface area contributed by atoms with Gasteiger partial charge in [0.25, 0.3) is 0 Å². The van der Waals surface area contributed by atoms with Crippen molar-refractivity contribution in [3.05, 3.63) is 64.8 Å². The number of ether oxygens (including phenoxy) is 2. The number of nitrogens with one attached hydrogen (secondary N) is 1. The second-order valence-electron chi connectivity index (χ2n) is 7.78. The van der Waals surface area contributed by atoms with E-state index in [1.54, 1.807) is 36.3 Å². The summed E-state index contributed by atoms with van der Waals surface area (Å²) in [4.78, 5) is 18.0. The van der Waals surface area contributed by atoms with Gasteiger partial charge in [0.05, 0.1) is 33.9 Å². The maximum atomic E-state index is 11.9. The first-order chi connectivity index (χ1) is 16.4. The van der Waals surface area contributed by atoms with Crippen LogP contribution in [0.2, 0.25) is 10.0 Å². The van der Waals surface area contributed by atoms with E-state index in [-0.39, 0.29) is 12.0 Å². The molecule has 0 bridgehead atoms. The number of carbonyl (C=O) groups excluding carboxylic acids is 1. The van der Waals surface area contributed by atoms with E-state index in [0.717, 1.165) is 0 Å². The molecule has 7 nitrogen and oxygen atoms in total. The number of benzene rings is 2. The van der Waals surface area contributed by atoms with Crippen LogP contribution in [-0.4, -0.2) is 42.1 Å². The summed E-state index contributed by atoms with van der Waals surface area (Å²) in [5, 5.41) is 14.5. The van der Waals surface area contributed by atoms with Gasteiger partial charge in [0.15, 0.2) is 11.5 Å². The molecule has 2 heterocycles. The molecule has 4 rings (SSSR count). The topological polar surface area (TPSA) is 87.5 Å². The Morgan fingerprint density at radius 3 is 2.65 bits per heavy atom. The van der Waals surface area contributed by atoms with Gasteiger partial charge in [0.1, 0.15) is 12.2 Å². The molecule has 1 aliphatic heterocycles. The summed E-state index contributed by atoms with van der Waals surface area (Å²) < 4.78 is 11.8. The minimum atomic E-state index is -0.0844. The maximum absolute atomic E-state index is 11.9. The van der Waals surface area contributed by atoms with Gasteiger partial charge in [-0.25, -0.2) is 0 Å². The van der Waals surface area contributed by atoms with Crippen molar-refractivity contribution < 1.29 is 14.3 Å². The first-order valence-corrected chi connectivity index (χ1v) is 11.4. The van der Waals surface area contributed by atoms with Crippen LogP contribution in [0.1, 0.15) is 18.4 Å². The Labute approximate surface area is 207 Å². The molecule has 1 aromatic heterocycles. The van der Waals surface area contributed by atoms with Crippen LogP contribution in [0.15, 0.2) is 49.2 Å². The number of nitriles is 1. The Kier molecular flexibility index (Phi) is 7.11. The van der Waals surface area contributed by atoms with Crippen LogP contribution in [-0.2, 0) is 4.79 Å². The predicted molar refractivity (Wildman–Crippen MR) is 133 cm³/mol. The second kappa shape index (κ2) is 10.2. The number of likely N-dealkylation sites (tertiary alicyclic amines) is 1. The Bertz CT molecular complexity index is 1300. The van der Waals surface area contributed by atoms with Gasteiger partial charge >= 0.3 is 0 Å². The van der Waals surface area contributed by atoms with Crippen LogP contribution in [0, 0.1) is 11.3 Å². The third-order valence-corrected chi connectivity index (χ3v) is 6.42. The minimum absolute atomic E-state index is 0.0742. The lowest BCUT2D eigenvalue weighted by atomic mass is 10.1. The van der Waals surface area contributed by atoms with Gasteiger partial charge in [-0.15, -0.1) is 0 Å². The molecule has 3 aromatic rings. The van der Waals surface area contributed by atoms with Crippen molar-refractivity contribution in [1.82, 2.24) is 9.88 Å². The maximum Gasteiger partial charge on any atom is 0.245 e. The Morgan fingerprint density at radius 1 is 1.24 bits per heavy atom. The van der Waals surface area contributed by atoms with E-state index >= 15 is 0 Å². The summed E-state index contributed by atoms with van der Waals surface area (Å²) in [6, 6.07) is 10.9.